The standard InChI is InChI=1S/C22H22F3N9O/c1-21(2,35)4-3-16-13-33(32-31-16)18-12-28-19(8-17(18)27-6-5-22(23,24)25)34-20-15(11-30-34)7-14(9-26)10-29-20/h7-8,10-13,35H,3-6H2,1-2H3,(H,27,28). The molecule has 0 saturated heterocycles. The van der Waals surface area contributed by atoms with E-state index in [0.29, 0.717) is 52.3 Å². The topological polar surface area (TPSA) is 130 Å². The highest BCUT2D eigenvalue weighted by atomic mass is 19.4. The van der Waals surface area contributed by atoms with Crippen molar-refractivity contribution in [1.82, 2.24) is 34.7 Å². The first kappa shape index (κ1) is 24.1. The van der Waals surface area contributed by atoms with Gasteiger partial charge in [-0.15, -0.1) is 5.10 Å². The zero-order valence-corrected chi connectivity index (χ0v) is 19.0. The molecule has 182 valence electrons. The van der Waals surface area contributed by atoms with Crippen LogP contribution in [-0.4, -0.2) is 58.2 Å². The summed E-state index contributed by atoms with van der Waals surface area (Å²) in [5, 5.41) is 34.9. The molecule has 13 heteroatoms. The van der Waals surface area contributed by atoms with E-state index >= 15 is 0 Å². The molecule has 0 aromatic carbocycles. The van der Waals surface area contributed by atoms with Crippen molar-refractivity contribution in [3.8, 4) is 17.6 Å². The minimum absolute atomic E-state index is 0.317. The maximum atomic E-state index is 12.8. The SMILES string of the molecule is CC(C)(O)CCc1cn(-c2cnc(-n3ncc4cc(C#N)cnc43)cc2NCCC(F)(F)F)nn1. The van der Waals surface area contributed by atoms with Gasteiger partial charge in [-0.25, -0.2) is 14.6 Å². The van der Waals surface area contributed by atoms with Crippen LogP contribution in [0.2, 0.25) is 0 Å². The van der Waals surface area contributed by atoms with Crippen molar-refractivity contribution in [3.05, 3.63) is 48.2 Å². The summed E-state index contributed by atoms with van der Waals surface area (Å²) in [6, 6.07) is 5.19. The quantitative estimate of drug-likeness (QED) is 0.389. The van der Waals surface area contributed by atoms with Crippen LogP contribution in [-0.2, 0) is 6.42 Å². The van der Waals surface area contributed by atoms with Gasteiger partial charge in [-0.1, -0.05) is 5.21 Å². The molecule has 0 unspecified atom stereocenters. The van der Waals surface area contributed by atoms with Crippen molar-refractivity contribution in [2.45, 2.75) is 44.9 Å². The molecule has 0 aliphatic carbocycles. The molecule has 0 fully saturated rings. The van der Waals surface area contributed by atoms with Gasteiger partial charge in [0.2, 0.25) is 0 Å². The molecule has 2 N–H and O–H groups in total. The number of pyridine rings is 2. The summed E-state index contributed by atoms with van der Waals surface area (Å²) >= 11 is 0. The van der Waals surface area contributed by atoms with Crippen molar-refractivity contribution in [3.63, 3.8) is 0 Å². The van der Waals surface area contributed by atoms with Gasteiger partial charge in [0.05, 0.1) is 47.6 Å². The number of rotatable bonds is 8. The molecule has 0 aliphatic rings. The predicted molar refractivity (Wildman–Crippen MR) is 120 cm³/mol. The van der Waals surface area contributed by atoms with Gasteiger partial charge in [0, 0.05) is 24.2 Å². The minimum atomic E-state index is -4.32. The second-order valence-electron chi connectivity index (χ2n) is 8.62. The lowest BCUT2D eigenvalue weighted by atomic mass is 10.0. The number of nitrogens with one attached hydrogen (secondary N) is 1. The van der Waals surface area contributed by atoms with Crippen molar-refractivity contribution < 1.29 is 18.3 Å². The van der Waals surface area contributed by atoms with Crippen molar-refractivity contribution >= 4 is 16.7 Å². The third-order valence-electron chi connectivity index (χ3n) is 5.13. The number of nitriles is 1. The summed E-state index contributed by atoms with van der Waals surface area (Å²) in [6.45, 7) is 3.03. The summed E-state index contributed by atoms with van der Waals surface area (Å²) in [5.74, 6) is 0.317. The van der Waals surface area contributed by atoms with Crippen molar-refractivity contribution in [2.75, 3.05) is 11.9 Å². The lowest BCUT2D eigenvalue weighted by Gasteiger charge is -2.15. The van der Waals surface area contributed by atoms with Gasteiger partial charge in [0.15, 0.2) is 11.5 Å². The highest BCUT2D eigenvalue weighted by Crippen LogP contribution is 2.26. The second-order valence-corrected chi connectivity index (χ2v) is 8.62. The molecule has 4 aromatic rings. The average Bonchev–Trinajstić information content (AvgIpc) is 3.43. The van der Waals surface area contributed by atoms with Crippen LogP contribution in [0.15, 0.2) is 36.9 Å². The van der Waals surface area contributed by atoms with Gasteiger partial charge < -0.3 is 10.4 Å². The first-order valence-corrected chi connectivity index (χ1v) is 10.7. The second kappa shape index (κ2) is 9.30. The summed E-state index contributed by atoms with van der Waals surface area (Å²) in [7, 11) is 0. The monoisotopic (exact) mass is 485 g/mol. The van der Waals surface area contributed by atoms with E-state index in [1.165, 1.54) is 28.0 Å². The molecule has 0 radical (unpaired) electrons. The predicted octanol–water partition coefficient (Wildman–Crippen LogP) is 3.34. The summed E-state index contributed by atoms with van der Waals surface area (Å²) < 4.78 is 41.1. The van der Waals surface area contributed by atoms with E-state index in [1.807, 2.05) is 6.07 Å². The van der Waals surface area contributed by atoms with Crippen LogP contribution in [0.25, 0.3) is 22.5 Å². The number of hydrogen-bond acceptors (Lipinski definition) is 8. The van der Waals surface area contributed by atoms with Crippen molar-refractivity contribution in [1.29, 1.82) is 5.26 Å². The number of anilines is 1. The molecule has 0 aliphatic heterocycles. The number of fused-ring (bicyclic) bond motifs is 1. The van der Waals surface area contributed by atoms with Gasteiger partial charge in [-0.3, -0.25) is 0 Å². The maximum Gasteiger partial charge on any atom is 0.390 e. The molecule has 0 atom stereocenters. The molecule has 4 rings (SSSR count). The highest BCUT2D eigenvalue weighted by molar-refractivity contribution is 5.77. The molecular weight excluding hydrogens is 463 g/mol. The number of aromatic nitrogens is 7. The fourth-order valence-corrected chi connectivity index (χ4v) is 3.33. The highest BCUT2D eigenvalue weighted by Gasteiger charge is 2.26. The van der Waals surface area contributed by atoms with Gasteiger partial charge in [0.1, 0.15) is 11.8 Å². The molecule has 4 heterocycles. The van der Waals surface area contributed by atoms with Crippen LogP contribution >= 0.6 is 0 Å². The molecule has 0 spiro atoms. The zero-order chi connectivity index (χ0) is 25.2. The van der Waals surface area contributed by atoms with Crippen LogP contribution in [0.5, 0.6) is 0 Å². The smallest absolute Gasteiger partial charge is 0.390 e. The Labute approximate surface area is 198 Å². The fourth-order valence-electron chi connectivity index (χ4n) is 3.33. The molecule has 0 amide bonds. The van der Waals surface area contributed by atoms with Gasteiger partial charge in [-0.05, 0) is 32.8 Å². The van der Waals surface area contributed by atoms with Gasteiger partial charge in [-0.2, -0.15) is 28.2 Å². The van der Waals surface area contributed by atoms with Crippen molar-refractivity contribution in [2.24, 2.45) is 0 Å². The largest absolute Gasteiger partial charge is 0.390 e. The number of alkyl halides is 3. The third kappa shape index (κ3) is 5.90. The van der Waals surface area contributed by atoms with E-state index in [2.05, 4.69) is 30.7 Å². The van der Waals surface area contributed by atoms with Crippen LogP contribution < -0.4 is 5.32 Å². The number of hydrogen-bond donors (Lipinski definition) is 2. The molecule has 10 nitrogen and oxygen atoms in total. The number of nitrogens with zero attached hydrogens (tertiary/aromatic N) is 8. The Hall–Kier alpha value is -4.05. The maximum absolute atomic E-state index is 12.8. The Morgan fingerprint density at radius 2 is 1.91 bits per heavy atom. The normalized spacial score (nSPS) is 12.1. The Balaban J connectivity index is 1.68. The molecule has 0 saturated carbocycles. The first-order chi connectivity index (χ1) is 16.5. The Morgan fingerprint density at radius 1 is 1.11 bits per heavy atom. The molecule has 4 aromatic heterocycles. The lowest BCUT2D eigenvalue weighted by Crippen LogP contribution is -2.19. The van der Waals surface area contributed by atoms with E-state index < -0.39 is 18.2 Å². The lowest BCUT2D eigenvalue weighted by molar-refractivity contribution is -0.131. The summed E-state index contributed by atoms with van der Waals surface area (Å²) in [6.07, 6.45) is 1.63. The van der Waals surface area contributed by atoms with E-state index in [4.69, 9.17) is 5.26 Å². The van der Waals surface area contributed by atoms with E-state index in [9.17, 15) is 18.3 Å². The van der Waals surface area contributed by atoms with Gasteiger partial charge in [0.25, 0.3) is 0 Å². The van der Waals surface area contributed by atoms with E-state index in [-0.39, 0.29) is 6.54 Å². The first-order valence-electron chi connectivity index (χ1n) is 10.7. The minimum Gasteiger partial charge on any atom is -0.390 e. The Kier molecular flexibility index (Phi) is 6.40. The number of halogens is 3. The zero-order valence-electron chi connectivity index (χ0n) is 19.0. The van der Waals surface area contributed by atoms with Crippen LogP contribution in [0.4, 0.5) is 18.9 Å². The molecule has 35 heavy (non-hydrogen) atoms. The summed E-state index contributed by atoms with van der Waals surface area (Å²) in [4.78, 5) is 8.66. The van der Waals surface area contributed by atoms with Crippen LogP contribution in [0.3, 0.4) is 0 Å². The van der Waals surface area contributed by atoms with Crippen LogP contribution in [0, 0.1) is 11.3 Å². The fraction of sp³-hybridized carbons (Fsp3) is 0.364. The van der Waals surface area contributed by atoms with E-state index in [0.717, 1.165) is 0 Å². The number of aryl methyl sites for hydroxylation is 1. The average molecular weight is 485 g/mol. The number of aliphatic hydroxyl groups is 1. The Bertz CT molecular complexity index is 1380. The van der Waals surface area contributed by atoms with E-state index in [1.54, 1.807) is 32.2 Å². The summed E-state index contributed by atoms with van der Waals surface area (Å²) in [5.41, 5.74) is 1.31. The third-order valence-corrected chi connectivity index (χ3v) is 5.13. The van der Waals surface area contributed by atoms with Gasteiger partial charge >= 0.3 is 6.18 Å². The Morgan fingerprint density at radius 3 is 2.63 bits per heavy atom. The van der Waals surface area contributed by atoms with Crippen LogP contribution in [0.1, 0.15) is 37.9 Å². The molecule has 0 bridgehead atoms. The molecular formula is C22H22F3N9O.